The highest BCUT2D eigenvalue weighted by Crippen LogP contribution is 2.17. The van der Waals surface area contributed by atoms with Crippen molar-refractivity contribution < 1.29 is 13.6 Å². The van der Waals surface area contributed by atoms with Gasteiger partial charge in [0.05, 0.1) is 0 Å². The molecule has 1 aromatic heterocycles. The normalized spacial score (nSPS) is 10.3. The van der Waals surface area contributed by atoms with Crippen molar-refractivity contribution in [3.63, 3.8) is 0 Å². The standard InChI is InChI=1S/C14H13F2N3O/c1-8-2-3-9(6-18-8)7-19-14(20)10-4-11(15)13(17)12(16)5-10/h2-6H,7,17H2,1H3,(H,19,20). The molecule has 104 valence electrons. The number of nitrogens with zero attached hydrogens (tertiary/aromatic N) is 1. The van der Waals surface area contributed by atoms with Crippen molar-refractivity contribution in [1.82, 2.24) is 10.3 Å². The van der Waals surface area contributed by atoms with Gasteiger partial charge in [-0.1, -0.05) is 6.07 Å². The van der Waals surface area contributed by atoms with E-state index in [1.807, 2.05) is 19.1 Å². The van der Waals surface area contributed by atoms with Gasteiger partial charge in [-0.25, -0.2) is 8.78 Å². The summed E-state index contributed by atoms with van der Waals surface area (Å²) in [6, 6.07) is 5.43. The second-order valence-electron chi connectivity index (χ2n) is 4.34. The average molecular weight is 277 g/mol. The molecule has 0 atom stereocenters. The SMILES string of the molecule is Cc1ccc(CNC(=O)c2cc(F)c(N)c(F)c2)cn1. The molecule has 1 aromatic carbocycles. The van der Waals surface area contributed by atoms with Crippen molar-refractivity contribution in [3.05, 3.63) is 58.9 Å². The number of aromatic nitrogens is 1. The van der Waals surface area contributed by atoms with Crippen LogP contribution in [0.3, 0.4) is 0 Å². The molecule has 1 amide bonds. The maximum atomic E-state index is 13.3. The van der Waals surface area contributed by atoms with Gasteiger partial charge in [-0.05, 0) is 30.7 Å². The highest BCUT2D eigenvalue weighted by molar-refractivity contribution is 5.94. The number of carbonyl (C=O) groups excluding carboxylic acids is 1. The van der Waals surface area contributed by atoms with E-state index in [2.05, 4.69) is 10.3 Å². The van der Waals surface area contributed by atoms with E-state index >= 15 is 0 Å². The minimum atomic E-state index is -0.952. The molecule has 2 aromatic rings. The average Bonchev–Trinajstić information content (AvgIpc) is 2.43. The summed E-state index contributed by atoms with van der Waals surface area (Å²) in [5.74, 6) is -2.48. The molecular formula is C14H13F2N3O. The lowest BCUT2D eigenvalue weighted by Gasteiger charge is -2.07. The number of aryl methyl sites for hydroxylation is 1. The van der Waals surface area contributed by atoms with Gasteiger partial charge in [-0.2, -0.15) is 0 Å². The van der Waals surface area contributed by atoms with Crippen LogP contribution in [0, 0.1) is 18.6 Å². The summed E-state index contributed by atoms with van der Waals surface area (Å²) in [4.78, 5) is 15.9. The van der Waals surface area contributed by atoms with E-state index in [0.29, 0.717) is 0 Å². The predicted molar refractivity (Wildman–Crippen MR) is 70.9 cm³/mol. The lowest BCUT2D eigenvalue weighted by molar-refractivity contribution is 0.0950. The van der Waals surface area contributed by atoms with Crippen LogP contribution in [0.5, 0.6) is 0 Å². The van der Waals surface area contributed by atoms with Crippen LogP contribution < -0.4 is 11.1 Å². The third-order valence-corrected chi connectivity index (χ3v) is 2.77. The van der Waals surface area contributed by atoms with Crippen molar-refractivity contribution in [1.29, 1.82) is 0 Å². The molecule has 1 heterocycles. The number of rotatable bonds is 3. The van der Waals surface area contributed by atoms with Gasteiger partial charge in [0.2, 0.25) is 0 Å². The Morgan fingerprint density at radius 1 is 1.30 bits per heavy atom. The van der Waals surface area contributed by atoms with E-state index in [-0.39, 0.29) is 12.1 Å². The smallest absolute Gasteiger partial charge is 0.251 e. The number of nitrogen functional groups attached to an aromatic ring is 1. The molecule has 0 aliphatic carbocycles. The summed E-state index contributed by atoms with van der Waals surface area (Å²) in [7, 11) is 0. The second kappa shape index (κ2) is 5.64. The molecule has 2 rings (SSSR count). The van der Waals surface area contributed by atoms with Crippen molar-refractivity contribution in [2.45, 2.75) is 13.5 Å². The second-order valence-corrected chi connectivity index (χ2v) is 4.34. The molecule has 0 saturated carbocycles. The zero-order valence-electron chi connectivity index (χ0n) is 10.8. The van der Waals surface area contributed by atoms with Gasteiger partial charge in [0.25, 0.3) is 5.91 Å². The number of hydrogen-bond donors (Lipinski definition) is 2. The van der Waals surface area contributed by atoms with Crippen LogP contribution >= 0.6 is 0 Å². The Kier molecular flexibility index (Phi) is 3.93. The molecule has 20 heavy (non-hydrogen) atoms. The number of pyridine rings is 1. The summed E-state index contributed by atoms with van der Waals surface area (Å²) < 4.78 is 26.5. The number of nitrogens with two attached hydrogens (primary N) is 1. The van der Waals surface area contributed by atoms with E-state index in [4.69, 9.17) is 5.73 Å². The molecule has 4 nitrogen and oxygen atoms in total. The monoisotopic (exact) mass is 277 g/mol. The molecule has 0 radical (unpaired) electrons. The topological polar surface area (TPSA) is 68.0 Å². The van der Waals surface area contributed by atoms with Gasteiger partial charge in [0.15, 0.2) is 0 Å². The molecule has 0 aliphatic rings. The third kappa shape index (κ3) is 3.09. The molecule has 3 N–H and O–H groups in total. The van der Waals surface area contributed by atoms with Gasteiger partial charge < -0.3 is 11.1 Å². The summed E-state index contributed by atoms with van der Waals surface area (Å²) in [5, 5.41) is 2.56. The van der Waals surface area contributed by atoms with Crippen LogP contribution in [0.15, 0.2) is 30.5 Å². The van der Waals surface area contributed by atoms with E-state index in [0.717, 1.165) is 23.4 Å². The Morgan fingerprint density at radius 2 is 1.95 bits per heavy atom. The van der Waals surface area contributed by atoms with E-state index in [9.17, 15) is 13.6 Å². The molecule has 0 saturated heterocycles. The predicted octanol–water partition coefficient (Wildman–Crippen LogP) is 2.18. The lowest BCUT2D eigenvalue weighted by Crippen LogP contribution is -2.23. The fourth-order valence-electron chi connectivity index (χ4n) is 1.60. The summed E-state index contributed by atoms with van der Waals surface area (Å²) in [5.41, 5.74) is 6.09. The number of carbonyl (C=O) groups is 1. The molecular weight excluding hydrogens is 264 g/mol. The first-order chi connectivity index (χ1) is 9.47. The van der Waals surface area contributed by atoms with Crippen LogP contribution in [0.2, 0.25) is 0 Å². The van der Waals surface area contributed by atoms with Crippen molar-refractivity contribution in [2.75, 3.05) is 5.73 Å². The van der Waals surface area contributed by atoms with Crippen LogP contribution in [0.1, 0.15) is 21.6 Å². The molecule has 0 spiro atoms. The fraction of sp³-hybridized carbons (Fsp3) is 0.143. The van der Waals surface area contributed by atoms with Crippen LogP contribution in [-0.2, 0) is 6.54 Å². The van der Waals surface area contributed by atoms with Crippen LogP contribution in [0.4, 0.5) is 14.5 Å². The first-order valence-corrected chi connectivity index (χ1v) is 5.91. The number of hydrogen-bond acceptors (Lipinski definition) is 3. The minimum Gasteiger partial charge on any atom is -0.394 e. The summed E-state index contributed by atoms with van der Waals surface area (Å²) >= 11 is 0. The number of nitrogens with one attached hydrogen (secondary N) is 1. The van der Waals surface area contributed by atoms with E-state index < -0.39 is 23.2 Å². The molecule has 6 heteroatoms. The highest BCUT2D eigenvalue weighted by Gasteiger charge is 2.12. The Balaban J connectivity index is 2.07. The Bertz CT molecular complexity index is 618. The Hall–Kier alpha value is -2.50. The van der Waals surface area contributed by atoms with E-state index in [1.54, 1.807) is 6.20 Å². The molecule has 0 unspecified atom stereocenters. The highest BCUT2D eigenvalue weighted by atomic mass is 19.1. The minimum absolute atomic E-state index is 0.116. The van der Waals surface area contributed by atoms with Gasteiger partial charge in [-0.3, -0.25) is 9.78 Å². The van der Waals surface area contributed by atoms with Gasteiger partial charge in [0, 0.05) is 24.0 Å². The summed E-state index contributed by atoms with van der Waals surface area (Å²) in [6.07, 6.45) is 1.62. The number of anilines is 1. The zero-order valence-corrected chi connectivity index (χ0v) is 10.8. The van der Waals surface area contributed by atoms with Gasteiger partial charge in [-0.15, -0.1) is 0 Å². The van der Waals surface area contributed by atoms with Gasteiger partial charge >= 0.3 is 0 Å². The summed E-state index contributed by atoms with van der Waals surface area (Å²) in [6.45, 7) is 2.07. The number of benzene rings is 1. The first kappa shape index (κ1) is 13.9. The van der Waals surface area contributed by atoms with Crippen LogP contribution in [-0.4, -0.2) is 10.9 Å². The molecule has 0 fully saturated rings. The first-order valence-electron chi connectivity index (χ1n) is 5.91. The maximum absolute atomic E-state index is 13.3. The Labute approximate surface area is 114 Å². The zero-order chi connectivity index (χ0) is 14.7. The number of halogens is 2. The number of amides is 1. The van der Waals surface area contributed by atoms with Crippen molar-refractivity contribution >= 4 is 11.6 Å². The fourth-order valence-corrected chi connectivity index (χ4v) is 1.60. The van der Waals surface area contributed by atoms with Crippen LogP contribution in [0.25, 0.3) is 0 Å². The van der Waals surface area contributed by atoms with Crippen molar-refractivity contribution in [3.8, 4) is 0 Å². The molecule has 0 aliphatic heterocycles. The maximum Gasteiger partial charge on any atom is 0.251 e. The quantitative estimate of drug-likeness (QED) is 0.845. The Morgan fingerprint density at radius 3 is 2.50 bits per heavy atom. The lowest BCUT2D eigenvalue weighted by atomic mass is 10.1. The largest absolute Gasteiger partial charge is 0.394 e. The third-order valence-electron chi connectivity index (χ3n) is 2.77. The van der Waals surface area contributed by atoms with E-state index in [1.165, 1.54) is 0 Å². The van der Waals surface area contributed by atoms with Gasteiger partial charge in [0.1, 0.15) is 17.3 Å². The van der Waals surface area contributed by atoms with Crippen molar-refractivity contribution in [2.24, 2.45) is 0 Å². The molecule has 0 bridgehead atoms.